The van der Waals surface area contributed by atoms with Gasteiger partial charge in [-0.25, -0.2) is 4.39 Å². The predicted octanol–water partition coefficient (Wildman–Crippen LogP) is 3.74. The highest BCUT2D eigenvalue weighted by Gasteiger charge is 2.07. The van der Waals surface area contributed by atoms with Crippen molar-refractivity contribution in [3.05, 3.63) is 67.0 Å². The largest absolute Gasteiger partial charge is 0.454 e. The van der Waals surface area contributed by atoms with E-state index in [1.807, 2.05) is 6.07 Å². The van der Waals surface area contributed by atoms with Crippen LogP contribution in [0.3, 0.4) is 0 Å². The lowest BCUT2D eigenvalue weighted by Crippen LogP contribution is -2.07. The molecule has 2 rings (SSSR count). The Morgan fingerprint density at radius 1 is 1.21 bits per heavy atom. The van der Waals surface area contributed by atoms with E-state index >= 15 is 0 Å². The van der Waals surface area contributed by atoms with E-state index in [4.69, 9.17) is 4.74 Å². The van der Waals surface area contributed by atoms with Gasteiger partial charge < -0.3 is 10.1 Å². The standard InChI is InChI=1S/C15H12FNO2/c1-2-15(18)17-11-8-9-14(13(16)10-11)19-12-6-4-3-5-7-12/h2-10H,1H2,(H,17,18). The molecule has 0 bridgehead atoms. The smallest absolute Gasteiger partial charge is 0.247 e. The molecule has 0 heterocycles. The number of amides is 1. The van der Waals surface area contributed by atoms with Crippen LogP contribution in [0.5, 0.6) is 11.5 Å². The average molecular weight is 257 g/mol. The Morgan fingerprint density at radius 2 is 1.95 bits per heavy atom. The second kappa shape index (κ2) is 5.82. The summed E-state index contributed by atoms with van der Waals surface area (Å²) in [6.45, 7) is 3.32. The van der Waals surface area contributed by atoms with E-state index in [0.29, 0.717) is 11.4 Å². The lowest BCUT2D eigenvalue weighted by Gasteiger charge is -2.08. The number of carbonyl (C=O) groups excluding carboxylic acids is 1. The summed E-state index contributed by atoms with van der Waals surface area (Å²) < 4.78 is 19.2. The summed E-state index contributed by atoms with van der Waals surface area (Å²) in [5.74, 6) is -0.297. The van der Waals surface area contributed by atoms with Crippen molar-refractivity contribution in [2.45, 2.75) is 0 Å². The first-order chi connectivity index (χ1) is 9.19. The van der Waals surface area contributed by atoms with Gasteiger partial charge in [0.25, 0.3) is 0 Å². The third kappa shape index (κ3) is 3.42. The van der Waals surface area contributed by atoms with Gasteiger partial charge in [-0.1, -0.05) is 24.8 Å². The minimum atomic E-state index is -0.550. The van der Waals surface area contributed by atoms with Crippen LogP contribution in [-0.2, 0) is 4.79 Å². The first kappa shape index (κ1) is 12.8. The van der Waals surface area contributed by atoms with Crippen LogP contribution < -0.4 is 10.1 Å². The lowest BCUT2D eigenvalue weighted by molar-refractivity contribution is -0.111. The van der Waals surface area contributed by atoms with Crippen LogP contribution in [0.1, 0.15) is 0 Å². The summed E-state index contributed by atoms with van der Waals surface area (Å²) >= 11 is 0. The lowest BCUT2D eigenvalue weighted by atomic mass is 10.2. The number of hydrogen-bond donors (Lipinski definition) is 1. The van der Waals surface area contributed by atoms with Crippen LogP contribution in [-0.4, -0.2) is 5.91 Å². The van der Waals surface area contributed by atoms with Crippen LogP contribution in [0, 0.1) is 5.82 Å². The molecule has 19 heavy (non-hydrogen) atoms. The normalized spacial score (nSPS) is 9.74. The molecular formula is C15H12FNO2. The summed E-state index contributed by atoms with van der Waals surface area (Å²) in [5.41, 5.74) is 0.350. The maximum Gasteiger partial charge on any atom is 0.247 e. The highest BCUT2D eigenvalue weighted by atomic mass is 19.1. The Labute approximate surface area is 110 Å². The Morgan fingerprint density at radius 3 is 2.58 bits per heavy atom. The van der Waals surface area contributed by atoms with Crippen LogP contribution >= 0.6 is 0 Å². The van der Waals surface area contributed by atoms with Gasteiger partial charge in [0, 0.05) is 11.8 Å². The van der Waals surface area contributed by atoms with E-state index in [2.05, 4.69) is 11.9 Å². The van der Waals surface area contributed by atoms with Crippen molar-refractivity contribution in [3.8, 4) is 11.5 Å². The summed E-state index contributed by atoms with van der Waals surface area (Å²) in [6, 6.07) is 13.1. The number of para-hydroxylation sites is 1. The van der Waals surface area contributed by atoms with Gasteiger partial charge in [-0.3, -0.25) is 4.79 Å². The van der Waals surface area contributed by atoms with Crippen LogP contribution in [0.25, 0.3) is 0 Å². The van der Waals surface area contributed by atoms with Gasteiger partial charge in [0.1, 0.15) is 5.75 Å². The van der Waals surface area contributed by atoms with E-state index in [1.54, 1.807) is 30.3 Å². The monoisotopic (exact) mass is 257 g/mol. The molecule has 2 aromatic rings. The summed E-state index contributed by atoms with van der Waals surface area (Å²) in [7, 11) is 0. The third-order valence-electron chi connectivity index (χ3n) is 2.36. The van der Waals surface area contributed by atoms with Crippen LogP contribution in [0.15, 0.2) is 61.2 Å². The van der Waals surface area contributed by atoms with Gasteiger partial charge in [0.05, 0.1) is 0 Å². The SMILES string of the molecule is C=CC(=O)Nc1ccc(Oc2ccccc2)c(F)c1. The maximum absolute atomic E-state index is 13.8. The fraction of sp³-hybridized carbons (Fsp3) is 0. The maximum atomic E-state index is 13.8. The number of ether oxygens (including phenoxy) is 1. The Balaban J connectivity index is 2.15. The van der Waals surface area contributed by atoms with Gasteiger partial charge in [-0.2, -0.15) is 0 Å². The molecule has 0 aliphatic heterocycles. The molecule has 1 N–H and O–H groups in total. The molecule has 2 aromatic carbocycles. The molecule has 0 atom stereocenters. The molecule has 0 aliphatic carbocycles. The second-order valence-corrected chi connectivity index (χ2v) is 3.75. The summed E-state index contributed by atoms with van der Waals surface area (Å²) in [5, 5.41) is 2.47. The quantitative estimate of drug-likeness (QED) is 0.847. The fourth-order valence-corrected chi connectivity index (χ4v) is 1.47. The first-order valence-corrected chi connectivity index (χ1v) is 5.65. The number of benzene rings is 2. The molecule has 96 valence electrons. The fourth-order valence-electron chi connectivity index (χ4n) is 1.47. The molecule has 0 saturated carbocycles. The molecule has 0 aliphatic rings. The van der Waals surface area contributed by atoms with Gasteiger partial charge in [-0.15, -0.1) is 0 Å². The van der Waals surface area contributed by atoms with Crippen LogP contribution in [0.4, 0.5) is 10.1 Å². The Bertz CT molecular complexity index is 596. The van der Waals surface area contributed by atoms with Crippen molar-refractivity contribution < 1.29 is 13.9 Å². The van der Waals surface area contributed by atoms with Crippen LogP contribution in [0.2, 0.25) is 0 Å². The Kier molecular flexibility index (Phi) is 3.93. The zero-order valence-electron chi connectivity index (χ0n) is 10.1. The number of carbonyl (C=O) groups is 1. The van der Waals surface area contributed by atoms with Crippen molar-refractivity contribution in [2.24, 2.45) is 0 Å². The Hall–Kier alpha value is -2.62. The molecule has 0 unspecified atom stereocenters. The van der Waals surface area contributed by atoms with E-state index in [1.165, 1.54) is 12.1 Å². The third-order valence-corrected chi connectivity index (χ3v) is 2.36. The van der Waals surface area contributed by atoms with Gasteiger partial charge >= 0.3 is 0 Å². The summed E-state index contributed by atoms with van der Waals surface area (Å²) in [6.07, 6.45) is 1.12. The number of halogens is 1. The van der Waals surface area contributed by atoms with E-state index in [-0.39, 0.29) is 5.75 Å². The van der Waals surface area contributed by atoms with Crippen molar-refractivity contribution in [1.82, 2.24) is 0 Å². The number of anilines is 1. The zero-order valence-corrected chi connectivity index (χ0v) is 10.1. The minimum Gasteiger partial charge on any atom is -0.454 e. The molecule has 0 fully saturated rings. The summed E-state index contributed by atoms with van der Waals surface area (Å²) in [4.78, 5) is 11.1. The van der Waals surface area contributed by atoms with Crippen molar-refractivity contribution in [1.29, 1.82) is 0 Å². The molecule has 1 amide bonds. The van der Waals surface area contributed by atoms with E-state index in [0.717, 1.165) is 6.08 Å². The van der Waals surface area contributed by atoms with Gasteiger partial charge in [0.15, 0.2) is 11.6 Å². The van der Waals surface area contributed by atoms with Gasteiger partial charge in [-0.05, 0) is 30.3 Å². The average Bonchev–Trinajstić information content (AvgIpc) is 2.43. The topological polar surface area (TPSA) is 38.3 Å². The van der Waals surface area contributed by atoms with Crippen molar-refractivity contribution in [3.63, 3.8) is 0 Å². The molecular weight excluding hydrogens is 245 g/mol. The number of rotatable bonds is 4. The molecule has 4 heteroatoms. The zero-order chi connectivity index (χ0) is 13.7. The van der Waals surface area contributed by atoms with Crippen molar-refractivity contribution in [2.75, 3.05) is 5.32 Å². The minimum absolute atomic E-state index is 0.0998. The highest BCUT2D eigenvalue weighted by molar-refractivity contribution is 5.98. The van der Waals surface area contributed by atoms with E-state index in [9.17, 15) is 9.18 Å². The van der Waals surface area contributed by atoms with E-state index < -0.39 is 11.7 Å². The second-order valence-electron chi connectivity index (χ2n) is 3.75. The molecule has 0 saturated heterocycles. The predicted molar refractivity (Wildman–Crippen MR) is 71.7 cm³/mol. The number of hydrogen-bond acceptors (Lipinski definition) is 2. The molecule has 3 nitrogen and oxygen atoms in total. The highest BCUT2D eigenvalue weighted by Crippen LogP contribution is 2.26. The van der Waals surface area contributed by atoms with Crippen molar-refractivity contribution >= 4 is 11.6 Å². The van der Waals surface area contributed by atoms with Gasteiger partial charge in [0.2, 0.25) is 5.91 Å². The molecule has 0 radical (unpaired) electrons. The number of nitrogens with one attached hydrogen (secondary N) is 1. The first-order valence-electron chi connectivity index (χ1n) is 5.65. The molecule has 0 aromatic heterocycles. The molecule has 0 spiro atoms.